The molecule has 16 heavy (non-hydrogen) atoms. The van der Waals surface area contributed by atoms with Crippen molar-refractivity contribution in [2.75, 3.05) is 13.1 Å². The van der Waals surface area contributed by atoms with Crippen molar-refractivity contribution in [3.63, 3.8) is 0 Å². The molecule has 2 rings (SSSR count). The second-order valence-corrected chi connectivity index (χ2v) is 6.72. The fourth-order valence-corrected chi connectivity index (χ4v) is 3.86. The number of halogens is 1. The van der Waals surface area contributed by atoms with Crippen LogP contribution in [-0.2, 0) is 10.0 Å². The first-order chi connectivity index (χ1) is 7.50. The van der Waals surface area contributed by atoms with E-state index < -0.39 is 10.0 Å². The van der Waals surface area contributed by atoms with E-state index in [2.05, 4.69) is 15.9 Å². The van der Waals surface area contributed by atoms with Crippen LogP contribution in [0.5, 0.6) is 0 Å². The van der Waals surface area contributed by atoms with Crippen molar-refractivity contribution in [2.45, 2.75) is 17.4 Å². The molecule has 0 aromatic heterocycles. The van der Waals surface area contributed by atoms with Crippen LogP contribution in [-0.4, -0.2) is 31.9 Å². The van der Waals surface area contributed by atoms with Crippen molar-refractivity contribution in [3.05, 3.63) is 28.7 Å². The summed E-state index contributed by atoms with van der Waals surface area (Å²) in [7, 11) is -3.37. The molecule has 88 valence electrons. The SMILES string of the molecule is N[C@H]1CCN(S(=O)(=O)c2cccc(Br)c2)C1. The Hall–Kier alpha value is -0.430. The maximum atomic E-state index is 12.2. The first-order valence-electron chi connectivity index (χ1n) is 5.01. The summed E-state index contributed by atoms with van der Waals surface area (Å²) in [6.45, 7) is 0.921. The molecule has 1 saturated heterocycles. The topological polar surface area (TPSA) is 63.4 Å². The van der Waals surface area contributed by atoms with Gasteiger partial charge in [0.05, 0.1) is 4.90 Å². The van der Waals surface area contributed by atoms with E-state index in [-0.39, 0.29) is 6.04 Å². The zero-order valence-electron chi connectivity index (χ0n) is 8.64. The highest BCUT2D eigenvalue weighted by Gasteiger charge is 2.30. The molecule has 6 heteroatoms. The van der Waals surface area contributed by atoms with Gasteiger partial charge in [-0.25, -0.2) is 8.42 Å². The fourth-order valence-electron chi connectivity index (χ4n) is 1.75. The van der Waals surface area contributed by atoms with Crippen LogP contribution in [0, 0.1) is 0 Å². The van der Waals surface area contributed by atoms with Gasteiger partial charge in [0.15, 0.2) is 0 Å². The molecule has 2 N–H and O–H groups in total. The van der Waals surface area contributed by atoms with Crippen molar-refractivity contribution >= 4 is 26.0 Å². The standard InChI is InChI=1S/C10H13BrN2O2S/c11-8-2-1-3-10(6-8)16(14,15)13-5-4-9(12)7-13/h1-3,6,9H,4-5,7,12H2/t9-/m0/s1. The molecule has 1 aromatic rings. The van der Waals surface area contributed by atoms with Gasteiger partial charge in [-0.05, 0) is 24.6 Å². The lowest BCUT2D eigenvalue weighted by atomic mass is 10.3. The smallest absolute Gasteiger partial charge is 0.243 e. The quantitative estimate of drug-likeness (QED) is 0.892. The lowest BCUT2D eigenvalue weighted by molar-refractivity contribution is 0.472. The van der Waals surface area contributed by atoms with Gasteiger partial charge in [-0.15, -0.1) is 0 Å². The molecule has 1 aromatic carbocycles. The Morgan fingerprint density at radius 2 is 2.19 bits per heavy atom. The summed E-state index contributed by atoms with van der Waals surface area (Å²) >= 11 is 3.27. The van der Waals surface area contributed by atoms with E-state index in [1.54, 1.807) is 24.3 Å². The van der Waals surface area contributed by atoms with Gasteiger partial charge < -0.3 is 5.73 Å². The third-order valence-corrected chi connectivity index (χ3v) is 4.98. The van der Waals surface area contributed by atoms with Crippen LogP contribution in [0.3, 0.4) is 0 Å². The summed E-state index contributed by atoms with van der Waals surface area (Å²) in [5.41, 5.74) is 5.71. The number of hydrogen-bond acceptors (Lipinski definition) is 3. The van der Waals surface area contributed by atoms with E-state index in [1.807, 2.05) is 0 Å². The van der Waals surface area contributed by atoms with Gasteiger partial charge >= 0.3 is 0 Å². The van der Waals surface area contributed by atoms with Crippen molar-refractivity contribution in [3.8, 4) is 0 Å². The molecule has 0 radical (unpaired) electrons. The van der Waals surface area contributed by atoms with Gasteiger partial charge in [0, 0.05) is 23.6 Å². The molecule has 1 heterocycles. The number of sulfonamides is 1. The Labute approximate surface area is 104 Å². The molecular formula is C10H13BrN2O2S. The molecule has 0 spiro atoms. The molecule has 0 aliphatic carbocycles. The van der Waals surface area contributed by atoms with E-state index in [9.17, 15) is 8.42 Å². The lowest BCUT2D eigenvalue weighted by Crippen LogP contribution is -2.31. The van der Waals surface area contributed by atoms with Crippen LogP contribution in [0.4, 0.5) is 0 Å². The maximum Gasteiger partial charge on any atom is 0.243 e. The van der Waals surface area contributed by atoms with Crippen LogP contribution < -0.4 is 5.73 Å². The van der Waals surface area contributed by atoms with Gasteiger partial charge in [-0.2, -0.15) is 4.31 Å². The first-order valence-corrected chi connectivity index (χ1v) is 7.25. The average Bonchev–Trinajstić information content (AvgIpc) is 2.65. The highest BCUT2D eigenvalue weighted by Crippen LogP contribution is 2.22. The molecular weight excluding hydrogens is 292 g/mol. The Bertz CT molecular complexity index is 489. The minimum absolute atomic E-state index is 0.0399. The number of nitrogens with two attached hydrogens (primary N) is 1. The molecule has 1 aliphatic rings. The Balaban J connectivity index is 2.32. The highest BCUT2D eigenvalue weighted by molar-refractivity contribution is 9.10. The third kappa shape index (κ3) is 2.29. The van der Waals surface area contributed by atoms with Crippen molar-refractivity contribution < 1.29 is 8.42 Å². The van der Waals surface area contributed by atoms with Gasteiger partial charge in [0.1, 0.15) is 0 Å². The summed E-state index contributed by atoms with van der Waals surface area (Å²) in [6, 6.07) is 6.69. The zero-order chi connectivity index (χ0) is 11.8. The van der Waals surface area contributed by atoms with E-state index in [4.69, 9.17) is 5.73 Å². The fraction of sp³-hybridized carbons (Fsp3) is 0.400. The van der Waals surface area contributed by atoms with Crippen LogP contribution >= 0.6 is 15.9 Å². The molecule has 1 atom stereocenters. The number of nitrogens with zero attached hydrogens (tertiary/aromatic N) is 1. The molecule has 4 nitrogen and oxygen atoms in total. The summed E-state index contributed by atoms with van der Waals surface area (Å²) in [5, 5.41) is 0. The third-order valence-electron chi connectivity index (χ3n) is 2.62. The van der Waals surface area contributed by atoms with E-state index in [0.29, 0.717) is 18.0 Å². The summed E-state index contributed by atoms with van der Waals surface area (Å²) in [4.78, 5) is 0.316. The summed E-state index contributed by atoms with van der Waals surface area (Å²) < 4.78 is 26.6. The van der Waals surface area contributed by atoms with Crippen molar-refractivity contribution in [2.24, 2.45) is 5.73 Å². The van der Waals surface area contributed by atoms with Gasteiger partial charge in [0.25, 0.3) is 0 Å². The minimum atomic E-state index is -3.37. The van der Waals surface area contributed by atoms with Gasteiger partial charge in [-0.3, -0.25) is 0 Å². The van der Waals surface area contributed by atoms with E-state index >= 15 is 0 Å². The van der Waals surface area contributed by atoms with Crippen LogP contribution in [0.15, 0.2) is 33.6 Å². The van der Waals surface area contributed by atoms with Crippen molar-refractivity contribution in [1.82, 2.24) is 4.31 Å². The first kappa shape index (κ1) is 12.0. The monoisotopic (exact) mass is 304 g/mol. The number of rotatable bonds is 2. The van der Waals surface area contributed by atoms with Crippen LogP contribution in [0.2, 0.25) is 0 Å². The second kappa shape index (κ2) is 4.44. The van der Waals surface area contributed by atoms with E-state index in [1.165, 1.54) is 4.31 Å². The molecule has 0 bridgehead atoms. The van der Waals surface area contributed by atoms with Crippen LogP contribution in [0.1, 0.15) is 6.42 Å². The van der Waals surface area contributed by atoms with E-state index in [0.717, 1.165) is 10.9 Å². The summed E-state index contributed by atoms with van der Waals surface area (Å²) in [6.07, 6.45) is 0.729. The molecule has 1 fully saturated rings. The largest absolute Gasteiger partial charge is 0.326 e. The molecule has 0 unspecified atom stereocenters. The van der Waals surface area contributed by atoms with Crippen molar-refractivity contribution in [1.29, 1.82) is 0 Å². The Morgan fingerprint density at radius 3 is 2.75 bits per heavy atom. The van der Waals surface area contributed by atoms with Crippen LogP contribution in [0.25, 0.3) is 0 Å². The summed E-state index contributed by atoms with van der Waals surface area (Å²) in [5.74, 6) is 0. The zero-order valence-corrected chi connectivity index (χ0v) is 11.0. The predicted molar refractivity (Wildman–Crippen MR) is 65.5 cm³/mol. The Kier molecular flexibility index (Phi) is 3.34. The molecule has 0 saturated carbocycles. The highest BCUT2D eigenvalue weighted by atomic mass is 79.9. The van der Waals surface area contributed by atoms with Gasteiger partial charge in [0.2, 0.25) is 10.0 Å². The maximum absolute atomic E-state index is 12.2. The minimum Gasteiger partial charge on any atom is -0.326 e. The predicted octanol–water partition coefficient (Wildman–Crippen LogP) is 1.17. The normalized spacial score (nSPS) is 22.5. The lowest BCUT2D eigenvalue weighted by Gasteiger charge is -2.15. The Morgan fingerprint density at radius 1 is 1.44 bits per heavy atom. The number of benzene rings is 1. The second-order valence-electron chi connectivity index (χ2n) is 3.87. The molecule has 0 amide bonds. The molecule has 1 aliphatic heterocycles. The number of hydrogen-bond donors (Lipinski definition) is 1. The average molecular weight is 305 g/mol. The van der Waals surface area contributed by atoms with Gasteiger partial charge in [-0.1, -0.05) is 22.0 Å².